The van der Waals surface area contributed by atoms with Crippen molar-refractivity contribution in [3.8, 4) is 5.69 Å². The van der Waals surface area contributed by atoms with Gasteiger partial charge in [-0.2, -0.15) is 5.10 Å². The molecule has 1 saturated heterocycles. The summed E-state index contributed by atoms with van der Waals surface area (Å²) in [6.07, 6.45) is 1.49. The Morgan fingerprint density at radius 1 is 1.38 bits per heavy atom. The van der Waals surface area contributed by atoms with Gasteiger partial charge in [0.1, 0.15) is 5.82 Å². The summed E-state index contributed by atoms with van der Waals surface area (Å²) in [5.74, 6) is -0.498. The average molecular weight is 355 g/mol. The van der Waals surface area contributed by atoms with E-state index in [1.54, 1.807) is 23.9 Å². The first-order valence-corrected chi connectivity index (χ1v) is 7.45. The summed E-state index contributed by atoms with van der Waals surface area (Å²) in [7, 11) is 1.63. The van der Waals surface area contributed by atoms with Crippen LogP contribution in [-0.4, -0.2) is 48.0 Å². The van der Waals surface area contributed by atoms with Gasteiger partial charge in [0, 0.05) is 20.2 Å². The lowest BCUT2D eigenvalue weighted by Crippen LogP contribution is -2.43. The Balaban J connectivity index is 0.00000208. The Kier molecular flexibility index (Phi) is 5.93. The number of hydrogen-bond acceptors (Lipinski definition) is 4. The molecule has 0 bridgehead atoms. The summed E-state index contributed by atoms with van der Waals surface area (Å²) in [4.78, 5) is 12.5. The molecular formula is C16H20ClFN4O2. The van der Waals surface area contributed by atoms with Gasteiger partial charge in [-0.3, -0.25) is 4.79 Å². The fourth-order valence-corrected chi connectivity index (χ4v) is 2.77. The lowest BCUT2D eigenvalue weighted by atomic mass is 10.2. The molecule has 0 saturated carbocycles. The third-order valence-corrected chi connectivity index (χ3v) is 4.10. The molecule has 0 aliphatic carbocycles. The minimum absolute atomic E-state index is 0. The number of aromatic nitrogens is 2. The molecule has 0 spiro atoms. The van der Waals surface area contributed by atoms with Crippen LogP contribution >= 0.6 is 12.4 Å². The number of amides is 1. The highest BCUT2D eigenvalue weighted by Gasteiger charge is 2.29. The minimum atomic E-state index is -0.309. The second kappa shape index (κ2) is 7.74. The molecule has 2 N–H and O–H groups in total. The van der Waals surface area contributed by atoms with Gasteiger partial charge in [0.2, 0.25) is 0 Å². The molecular weight excluding hydrogens is 335 g/mol. The number of nitrogens with zero attached hydrogens (tertiary/aromatic N) is 2. The van der Waals surface area contributed by atoms with Gasteiger partial charge >= 0.3 is 0 Å². The van der Waals surface area contributed by atoms with Crippen LogP contribution in [0.15, 0.2) is 30.5 Å². The van der Waals surface area contributed by atoms with Crippen LogP contribution < -0.4 is 10.6 Å². The first-order chi connectivity index (χ1) is 11.1. The molecule has 6 nitrogen and oxygen atoms in total. The zero-order valence-electron chi connectivity index (χ0n) is 13.5. The molecule has 1 aromatic heterocycles. The highest BCUT2D eigenvalue weighted by Crippen LogP contribution is 2.15. The topological polar surface area (TPSA) is 68.2 Å². The number of halogens is 2. The number of ether oxygens (including phenoxy) is 1. The second-order valence-electron chi connectivity index (χ2n) is 5.54. The highest BCUT2D eigenvalue weighted by atomic mass is 35.5. The molecule has 2 atom stereocenters. The van der Waals surface area contributed by atoms with Gasteiger partial charge in [0.15, 0.2) is 0 Å². The summed E-state index contributed by atoms with van der Waals surface area (Å²) < 4.78 is 20.0. The molecule has 1 aliphatic heterocycles. The molecule has 8 heteroatoms. The van der Waals surface area contributed by atoms with E-state index in [0.29, 0.717) is 23.5 Å². The van der Waals surface area contributed by atoms with Crippen molar-refractivity contribution in [3.63, 3.8) is 0 Å². The molecule has 3 rings (SSSR count). The van der Waals surface area contributed by atoms with Gasteiger partial charge in [0.05, 0.1) is 35.3 Å². The number of rotatable bonds is 4. The minimum Gasteiger partial charge on any atom is -0.378 e. The van der Waals surface area contributed by atoms with Crippen molar-refractivity contribution in [1.82, 2.24) is 20.4 Å². The average Bonchev–Trinajstić information content (AvgIpc) is 3.14. The normalized spacial score (nSPS) is 19.8. The van der Waals surface area contributed by atoms with Crippen LogP contribution in [0, 0.1) is 12.7 Å². The van der Waals surface area contributed by atoms with E-state index in [4.69, 9.17) is 4.74 Å². The Hall–Kier alpha value is -1.96. The fraction of sp³-hybridized carbons (Fsp3) is 0.375. The molecule has 0 radical (unpaired) electrons. The molecule has 1 aliphatic rings. The van der Waals surface area contributed by atoms with Crippen molar-refractivity contribution < 1.29 is 13.9 Å². The van der Waals surface area contributed by atoms with Crippen LogP contribution in [0.4, 0.5) is 4.39 Å². The molecule has 1 aromatic carbocycles. The van der Waals surface area contributed by atoms with E-state index in [2.05, 4.69) is 15.7 Å². The quantitative estimate of drug-likeness (QED) is 0.872. The van der Waals surface area contributed by atoms with Gasteiger partial charge < -0.3 is 15.4 Å². The smallest absolute Gasteiger partial charge is 0.255 e. The van der Waals surface area contributed by atoms with Crippen molar-refractivity contribution in [3.05, 3.63) is 47.5 Å². The number of carbonyl (C=O) groups excluding carboxylic acids is 1. The highest BCUT2D eigenvalue weighted by molar-refractivity contribution is 5.95. The largest absolute Gasteiger partial charge is 0.378 e. The molecule has 130 valence electrons. The monoisotopic (exact) mass is 354 g/mol. The Morgan fingerprint density at radius 2 is 2.08 bits per heavy atom. The zero-order valence-corrected chi connectivity index (χ0v) is 14.3. The Bertz CT molecular complexity index is 705. The summed E-state index contributed by atoms with van der Waals surface area (Å²) in [5, 5.41) is 10.4. The fourth-order valence-electron chi connectivity index (χ4n) is 2.77. The van der Waals surface area contributed by atoms with Gasteiger partial charge in [-0.1, -0.05) is 0 Å². The van der Waals surface area contributed by atoms with Crippen molar-refractivity contribution in [1.29, 1.82) is 0 Å². The van der Waals surface area contributed by atoms with Gasteiger partial charge in [0.25, 0.3) is 5.91 Å². The lowest BCUT2D eigenvalue weighted by molar-refractivity contribution is 0.0779. The predicted octanol–water partition coefficient (Wildman–Crippen LogP) is 1.46. The van der Waals surface area contributed by atoms with Gasteiger partial charge in [-0.05, 0) is 31.2 Å². The predicted molar refractivity (Wildman–Crippen MR) is 90.4 cm³/mol. The van der Waals surface area contributed by atoms with Crippen LogP contribution in [0.25, 0.3) is 5.69 Å². The molecule has 1 unspecified atom stereocenters. The van der Waals surface area contributed by atoms with E-state index >= 15 is 0 Å². The second-order valence-corrected chi connectivity index (χ2v) is 5.54. The van der Waals surface area contributed by atoms with E-state index in [1.807, 2.05) is 6.92 Å². The van der Waals surface area contributed by atoms with Crippen molar-refractivity contribution in [2.75, 3.05) is 20.2 Å². The number of benzene rings is 1. The summed E-state index contributed by atoms with van der Waals surface area (Å²) in [6, 6.07) is 5.91. The number of carbonyl (C=O) groups is 1. The maximum Gasteiger partial charge on any atom is 0.255 e. The van der Waals surface area contributed by atoms with E-state index < -0.39 is 0 Å². The molecule has 2 aromatic rings. The first kappa shape index (κ1) is 18.4. The number of nitrogens with one attached hydrogen (secondary N) is 2. The zero-order chi connectivity index (χ0) is 16.4. The van der Waals surface area contributed by atoms with Crippen LogP contribution in [0.5, 0.6) is 0 Å². The molecule has 24 heavy (non-hydrogen) atoms. The summed E-state index contributed by atoms with van der Waals surface area (Å²) >= 11 is 0. The maximum atomic E-state index is 13.0. The van der Waals surface area contributed by atoms with Crippen LogP contribution in [-0.2, 0) is 4.74 Å². The van der Waals surface area contributed by atoms with Crippen LogP contribution in [0.3, 0.4) is 0 Å². The van der Waals surface area contributed by atoms with E-state index in [9.17, 15) is 9.18 Å². The Labute approximate surface area is 145 Å². The standard InChI is InChI=1S/C16H19FN4O2.ClH/c1-10-13(16(22)20-14-8-18-9-15(14)23-2)7-19-21(10)12-5-3-11(17)4-6-12;/h3-7,14-15,18H,8-9H2,1-2H3,(H,20,22);1H/t14?,15-;/m0./s1. The molecule has 2 heterocycles. The van der Waals surface area contributed by atoms with Crippen LogP contribution in [0.1, 0.15) is 16.1 Å². The molecule has 1 amide bonds. The van der Waals surface area contributed by atoms with Crippen molar-refractivity contribution in [2.45, 2.75) is 19.1 Å². The lowest BCUT2D eigenvalue weighted by Gasteiger charge is -2.18. The number of hydrogen-bond donors (Lipinski definition) is 2. The third-order valence-electron chi connectivity index (χ3n) is 4.10. The Morgan fingerprint density at radius 3 is 2.75 bits per heavy atom. The van der Waals surface area contributed by atoms with E-state index in [-0.39, 0.29) is 36.3 Å². The van der Waals surface area contributed by atoms with Crippen LogP contribution in [0.2, 0.25) is 0 Å². The van der Waals surface area contributed by atoms with Gasteiger partial charge in [-0.25, -0.2) is 9.07 Å². The van der Waals surface area contributed by atoms with E-state index in [1.165, 1.54) is 18.3 Å². The summed E-state index contributed by atoms with van der Waals surface area (Å²) in [6.45, 7) is 3.20. The van der Waals surface area contributed by atoms with Crippen molar-refractivity contribution >= 4 is 18.3 Å². The first-order valence-electron chi connectivity index (χ1n) is 7.45. The van der Waals surface area contributed by atoms with Crippen molar-refractivity contribution in [2.24, 2.45) is 0 Å². The third kappa shape index (κ3) is 3.58. The SMILES string of the molecule is CO[C@H]1CNCC1NC(=O)c1cnn(-c2ccc(F)cc2)c1C.Cl. The number of methoxy groups -OCH3 is 1. The van der Waals surface area contributed by atoms with E-state index in [0.717, 1.165) is 6.54 Å². The summed E-state index contributed by atoms with van der Waals surface area (Å²) in [5.41, 5.74) is 1.91. The molecule has 1 fully saturated rings. The maximum absolute atomic E-state index is 13.0. The van der Waals surface area contributed by atoms with Gasteiger partial charge in [-0.15, -0.1) is 12.4 Å².